The summed E-state index contributed by atoms with van der Waals surface area (Å²) in [7, 11) is 0. The van der Waals surface area contributed by atoms with Crippen molar-refractivity contribution in [3.63, 3.8) is 0 Å². The molecule has 12 nitrogen and oxygen atoms in total. The fourth-order valence-electron chi connectivity index (χ4n) is 7.51. The molecule has 1 aliphatic carbocycles. The van der Waals surface area contributed by atoms with Crippen LogP contribution in [0.5, 0.6) is 0 Å². The van der Waals surface area contributed by atoms with Crippen LogP contribution in [0.15, 0.2) is 35.5 Å². The summed E-state index contributed by atoms with van der Waals surface area (Å²) in [6.45, 7) is 6.69. The zero-order chi connectivity index (χ0) is 30.9. The Morgan fingerprint density at radius 2 is 1.82 bits per heavy atom. The van der Waals surface area contributed by atoms with Gasteiger partial charge in [-0.2, -0.15) is 0 Å². The molecule has 5 aliphatic heterocycles. The van der Waals surface area contributed by atoms with Gasteiger partial charge in [0.15, 0.2) is 24.0 Å². The number of esters is 1. The van der Waals surface area contributed by atoms with E-state index in [1.165, 1.54) is 0 Å². The molecule has 2 bridgehead atoms. The number of benzene rings is 1. The van der Waals surface area contributed by atoms with Crippen molar-refractivity contribution in [3.05, 3.63) is 35.9 Å². The van der Waals surface area contributed by atoms with E-state index in [9.17, 15) is 9.59 Å². The molecule has 10 atom stereocenters. The molecule has 5 heterocycles. The van der Waals surface area contributed by atoms with Gasteiger partial charge in [0.2, 0.25) is 12.1 Å². The fraction of sp³-hybridized carbons (Fsp3) is 0.719. The molecule has 1 saturated carbocycles. The van der Waals surface area contributed by atoms with Crippen molar-refractivity contribution in [2.45, 2.75) is 115 Å². The Bertz CT molecular complexity index is 1210. The van der Waals surface area contributed by atoms with Crippen LogP contribution < -0.4 is 5.73 Å². The number of hydrogen-bond donors (Lipinski definition) is 1. The van der Waals surface area contributed by atoms with Gasteiger partial charge in [-0.3, -0.25) is 4.79 Å². The summed E-state index contributed by atoms with van der Waals surface area (Å²) in [5.74, 6) is -1.79. The van der Waals surface area contributed by atoms with Crippen molar-refractivity contribution >= 4 is 17.8 Å². The molecule has 1 spiro atoms. The summed E-state index contributed by atoms with van der Waals surface area (Å²) in [6.07, 6.45) is 2.97. The van der Waals surface area contributed by atoms with Crippen LogP contribution in [0.4, 0.5) is 0 Å². The van der Waals surface area contributed by atoms with Crippen LogP contribution in [0.3, 0.4) is 0 Å². The van der Waals surface area contributed by atoms with Crippen LogP contribution in [-0.4, -0.2) is 54.6 Å². The average Bonchev–Trinajstić information content (AvgIpc) is 3.26. The molecule has 0 unspecified atom stereocenters. The van der Waals surface area contributed by atoms with Gasteiger partial charge < -0.3 is 34.3 Å². The molecule has 44 heavy (non-hydrogen) atoms. The number of hydrogen-bond acceptors (Lipinski definition) is 11. The van der Waals surface area contributed by atoms with Gasteiger partial charge in [0.1, 0.15) is 6.10 Å². The number of nitrogens with zero attached hydrogens (tertiary/aromatic N) is 1. The van der Waals surface area contributed by atoms with Gasteiger partial charge >= 0.3 is 11.9 Å². The predicted molar refractivity (Wildman–Crippen MR) is 154 cm³/mol. The van der Waals surface area contributed by atoms with Crippen LogP contribution in [0, 0.1) is 23.7 Å². The Labute approximate surface area is 257 Å². The summed E-state index contributed by atoms with van der Waals surface area (Å²) in [5, 5.41) is 3.84. The standard InChI is InChI=1S/C32H44N2O10/c1-19-12-13-23-20(2)29(40-30-32(23)22(19)16-17-31(3,41-30)43-44-32)38-24(35)14-15-25(36)42-34-28(33)27(21-9-5-4-6-10-21)39-26-11-7-8-18-37-26/h4-6,9-10,19-20,22-23,26-27,29-30H,7-8,11-18H2,1-3H3,(H2,33,34)/t19-,20-,22+,23-,26-,27-,29-,30-,31-,32-/m1/s1. The van der Waals surface area contributed by atoms with E-state index >= 15 is 0 Å². The molecule has 6 fully saturated rings. The fourth-order valence-corrected chi connectivity index (χ4v) is 7.51. The molecule has 12 heteroatoms. The maximum Gasteiger partial charge on any atom is 0.335 e. The van der Waals surface area contributed by atoms with Crippen LogP contribution >= 0.6 is 0 Å². The first kappa shape index (κ1) is 31.4. The molecule has 1 aromatic rings. The van der Waals surface area contributed by atoms with Gasteiger partial charge in [-0.15, -0.1) is 0 Å². The Morgan fingerprint density at radius 3 is 2.59 bits per heavy atom. The highest BCUT2D eigenvalue weighted by atomic mass is 17.3. The maximum atomic E-state index is 12.9. The highest BCUT2D eigenvalue weighted by Gasteiger charge is 2.69. The summed E-state index contributed by atoms with van der Waals surface area (Å²) >= 11 is 0. The van der Waals surface area contributed by atoms with E-state index in [0.717, 1.165) is 44.1 Å². The lowest BCUT2D eigenvalue weighted by atomic mass is 9.58. The van der Waals surface area contributed by atoms with Gasteiger partial charge in [-0.25, -0.2) is 14.6 Å². The van der Waals surface area contributed by atoms with E-state index in [1.807, 2.05) is 44.2 Å². The van der Waals surface area contributed by atoms with Crippen molar-refractivity contribution in [2.24, 2.45) is 34.6 Å². The minimum atomic E-state index is -0.924. The van der Waals surface area contributed by atoms with Gasteiger partial charge in [0, 0.05) is 24.9 Å². The number of fused-ring (bicyclic) bond motifs is 2. The van der Waals surface area contributed by atoms with E-state index in [2.05, 4.69) is 12.1 Å². The number of carbonyl (C=O) groups is 2. The maximum absolute atomic E-state index is 12.9. The molecule has 6 aliphatic rings. The summed E-state index contributed by atoms with van der Waals surface area (Å²) in [6, 6.07) is 9.29. The summed E-state index contributed by atoms with van der Waals surface area (Å²) in [4.78, 5) is 42.5. The van der Waals surface area contributed by atoms with Crippen molar-refractivity contribution < 1.29 is 47.9 Å². The number of oxime groups is 1. The monoisotopic (exact) mass is 616 g/mol. The molecule has 0 aromatic heterocycles. The van der Waals surface area contributed by atoms with E-state index in [4.69, 9.17) is 44.0 Å². The van der Waals surface area contributed by atoms with Gasteiger partial charge in [-0.1, -0.05) is 49.3 Å². The molecule has 1 aromatic carbocycles. The minimum absolute atomic E-state index is 0.0176. The molecule has 7 rings (SSSR count). The largest absolute Gasteiger partial charge is 0.435 e. The first-order valence-corrected chi connectivity index (χ1v) is 15.9. The van der Waals surface area contributed by atoms with E-state index in [1.54, 1.807) is 0 Å². The SMILES string of the molecule is C[C@H]1[C@H](OC(=O)CCC(=O)O/N=C(/N)[C@H](O[C@@H]2CCCCO2)c2ccccc2)O[C@@H]2O[C@@]3(C)CC[C@H]4[C@H](C)CC[C@H]1[C@@]24OO3. The third-order valence-electron chi connectivity index (χ3n) is 9.93. The molecule has 0 amide bonds. The van der Waals surface area contributed by atoms with E-state index in [-0.39, 0.29) is 36.4 Å². The smallest absolute Gasteiger partial charge is 0.335 e. The molecule has 242 valence electrons. The van der Waals surface area contributed by atoms with Crippen molar-refractivity contribution in [1.29, 1.82) is 0 Å². The number of nitrogens with two attached hydrogens (primary N) is 1. The molecular weight excluding hydrogens is 572 g/mol. The van der Waals surface area contributed by atoms with Gasteiger partial charge in [0.25, 0.3) is 0 Å². The lowest BCUT2D eigenvalue weighted by Gasteiger charge is -2.59. The average molecular weight is 617 g/mol. The topological polar surface area (TPSA) is 146 Å². The van der Waals surface area contributed by atoms with E-state index in [0.29, 0.717) is 18.9 Å². The molecule has 5 saturated heterocycles. The third kappa shape index (κ3) is 6.25. The van der Waals surface area contributed by atoms with Crippen LogP contribution in [0.2, 0.25) is 0 Å². The Morgan fingerprint density at radius 1 is 1.02 bits per heavy atom. The molecule has 0 radical (unpaired) electrons. The lowest BCUT2D eigenvalue weighted by molar-refractivity contribution is -0.576. The first-order valence-electron chi connectivity index (χ1n) is 15.9. The quantitative estimate of drug-likeness (QED) is 0.104. The Hall–Kier alpha value is -2.61. The summed E-state index contributed by atoms with van der Waals surface area (Å²) < 4.78 is 30.2. The third-order valence-corrected chi connectivity index (χ3v) is 9.93. The highest BCUT2D eigenvalue weighted by molar-refractivity contribution is 5.86. The number of carbonyl (C=O) groups excluding carboxylic acids is 2. The van der Waals surface area contributed by atoms with Gasteiger partial charge in [0.05, 0.1) is 12.8 Å². The zero-order valence-electron chi connectivity index (χ0n) is 25.7. The number of rotatable bonds is 9. The second-order valence-corrected chi connectivity index (χ2v) is 13.0. The number of amidine groups is 1. The lowest BCUT2D eigenvalue weighted by Crippen LogP contribution is -2.70. The first-order chi connectivity index (χ1) is 21.2. The van der Waals surface area contributed by atoms with E-state index < -0.39 is 48.3 Å². The highest BCUT2D eigenvalue weighted by Crippen LogP contribution is 2.60. The minimum Gasteiger partial charge on any atom is -0.435 e. The van der Waals surface area contributed by atoms with Crippen LogP contribution in [0.1, 0.15) is 90.2 Å². The van der Waals surface area contributed by atoms with Crippen LogP contribution in [-0.2, 0) is 47.9 Å². The molecular formula is C32H44N2O10. The van der Waals surface area contributed by atoms with Crippen LogP contribution in [0.25, 0.3) is 0 Å². The second kappa shape index (κ2) is 13.0. The summed E-state index contributed by atoms with van der Waals surface area (Å²) in [5.41, 5.74) is 6.22. The Balaban J connectivity index is 1.04. The predicted octanol–water partition coefficient (Wildman–Crippen LogP) is 4.62. The number of ether oxygens (including phenoxy) is 5. The zero-order valence-corrected chi connectivity index (χ0v) is 25.7. The van der Waals surface area contributed by atoms with Gasteiger partial charge in [-0.05, 0) is 62.8 Å². The normalized spacial score (nSPS) is 39.1. The van der Waals surface area contributed by atoms with Crippen molar-refractivity contribution in [1.82, 2.24) is 0 Å². The molecule has 2 N–H and O–H groups in total. The van der Waals surface area contributed by atoms with Crippen molar-refractivity contribution in [3.8, 4) is 0 Å². The second-order valence-electron chi connectivity index (χ2n) is 13.0. The van der Waals surface area contributed by atoms with Crippen molar-refractivity contribution in [2.75, 3.05) is 6.61 Å². The Kier molecular flexibility index (Phi) is 9.28.